The molecule has 0 spiro atoms. The monoisotopic (exact) mass is 1160 g/mol. The Morgan fingerprint density at radius 3 is 0.911 bits per heavy atom. The first-order valence-electron chi connectivity index (χ1n) is 26.5. The minimum Gasteiger partial charge on any atom is -0.394 e. The molecule has 0 aromatic heterocycles. The smallest absolute Gasteiger partial charge is 0.187 e. The lowest BCUT2D eigenvalue weighted by molar-refractivity contribution is -0.391. The summed E-state index contributed by atoms with van der Waals surface area (Å²) in [4.78, 5) is 0. The molecule has 30 unspecified atom stereocenters. The molecule has 16 N–H and O–H groups in total. The second-order valence-electron chi connectivity index (χ2n) is 23.8. The third-order valence-corrected chi connectivity index (χ3v) is 14.2. The van der Waals surface area contributed by atoms with Crippen LogP contribution in [0.1, 0.15) is 69.2 Å². The van der Waals surface area contributed by atoms with E-state index in [0.29, 0.717) is 0 Å². The second-order valence-corrected chi connectivity index (χ2v) is 23.8. The molecule has 6 aliphatic heterocycles. The van der Waals surface area contributed by atoms with Crippen molar-refractivity contribution in [2.75, 3.05) is 39.6 Å². The van der Waals surface area contributed by atoms with Gasteiger partial charge in [-0.3, -0.25) is 0 Å². The maximum atomic E-state index is 11.7. The molecule has 6 heterocycles. The summed E-state index contributed by atoms with van der Waals surface area (Å²) in [5.41, 5.74) is -2.61. The Morgan fingerprint density at radius 1 is 0.291 bits per heavy atom. The van der Waals surface area contributed by atoms with Gasteiger partial charge >= 0.3 is 0 Å². The van der Waals surface area contributed by atoms with E-state index in [9.17, 15) is 81.7 Å². The minimum atomic E-state index is -2.12. The minimum absolute atomic E-state index is 0.644. The quantitative estimate of drug-likeness (QED) is 0.0571. The molecule has 464 valence electrons. The molecule has 6 saturated heterocycles. The first-order chi connectivity index (χ1) is 36.8. The van der Waals surface area contributed by atoms with Crippen LogP contribution in [0.25, 0.3) is 0 Å². The van der Waals surface area contributed by atoms with Gasteiger partial charge in [-0.2, -0.15) is 0 Å². The lowest BCUT2D eigenvalue weighted by Gasteiger charge is -2.50. The molecule has 0 aromatic rings. The molecule has 30 nitrogen and oxygen atoms in total. The van der Waals surface area contributed by atoms with Gasteiger partial charge in [0.25, 0.3) is 0 Å². The van der Waals surface area contributed by atoms with Crippen LogP contribution in [0.4, 0.5) is 0 Å². The van der Waals surface area contributed by atoms with Crippen LogP contribution in [-0.4, -0.2) is 316 Å². The van der Waals surface area contributed by atoms with E-state index in [2.05, 4.69) is 0 Å². The van der Waals surface area contributed by atoms with E-state index in [-0.39, 0.29) is 0 Å². The summed E-state index contributed by atoms with van der Waals surface area (Å²) in [6.07, 6.45) is -48.8. The van der Waals surface area contributed by atoms with Gasteiger partial charge in [-0.1, -0.05) is 6.92 Å². The topological polar surface area (TPSA) is 453 Å². The molecular formula is C49H88O30. The van der Waals surface area contributed by atoms with Gasteiger partial charge in [0.05, 0.1) is 62.5 Å². The summed E-state index contributed by atoms with van der Waals surface area (Å²) in [5.74, 6) is -1.04. The number of hydrogen-bond acceptors (Lipinski definition) is 30. The molecule has 79 heavy (non-hydrogen) atoms. The van der Waals surface area contributed by atoms with Crippen molar-refractivity contribution >= 4 is 0 Å². The zero-order valence-corrected chi connectivity index (χ0v) is 45.9. The van der Waals surface area contributed by atoms with Crippen molar-refractivity contribution in [1.29, 1.82) is 0 Å². The van der Waals surface area contributed by atoms with Gasteiger partial charge in [-0.05, 0) is 62.3 Å². The standard InChI is InChI=1S/C49H88O30/c1-17-24(55)42(68-18(11-50)35(17)73-43-32(63)28(59)39(21(14-53)69-43)77-47(2,3)4)74-36-19(12-51)67-41(30(61)25(36)56)66-16-23-38(76-44-33(64)29(60)40(22(15-54)70-44)78-48(5,6)7)26(57)31(62)45(72-23)75-37-20(13-52)71-46(34(65)27(37)58)79-49(8,9)10/h17-46,50-65H,11-16H2,1-10H3. The van der Waals surface area contributed by atoms with Crippen LogP contribution in [0.3, 0.4) is 0 Å². The molecule has 30 atom stereocenters. The summed E-state index contributed by atoms with van der Waals surface area (Å²) >= 11 is 0. The van der Waals surface area contributed by atoms with Crippen LogP contribution in [0.15, 0.2) is 0 Å². The third-order valence-electron chi connectivity index (χ3n) is 14.2. The highest BCUT2D eigenvalue weighted by Gasteiger charge is 2.57. The summed E-state index contributed by atoms with van der Waals surface area (Å²) < 4.78 is 82.3. The molecule has 30 heteroatoms. The molecule has 0 bridgehead atoms. The lowest BCUT2D eigenvalue weighted by atomic mass is 9.90. The summed E-state index contributed by atoms with van der Waals surface area (Å²) in [6.45, 7) is 11.7. The largest absolute Gasteiger partial charge is 0.394 e. The van der Waals surface area contributed by atoms with Gasteiger partial charge < -0.3 is 148 Å². The maximum absolute atomic E-state index is 11.7. The molecule has 6 fully saturated rings. The van der Waals surface area contributed by atoms with Crippen molar-refractivity contribution in [3.8, 4) is 0 Å². The van der Waals surface area contributed by atoms with Crippen LogP contribution in [-0.2, 0) is 66.3 Å². The van der Waals surface area contributed by atoms with Gasteiger partial charge in [0, 0.05) is 5.92 Å². The van der Waals surface area contributed by atoms with Crippen LogP contribution < -0.4 is 0 Å². The number of ether oxygens (including phenoxy) is 14. The van der Waals surface area contributed by atoms with Crippen LogP contribution in [0.5, 0.6) is 0 Å². The first kappa shape index (κ1) is 66.9. The van der Waals surface area contributed by atoms with Crippen molar-refractivity contribution in [3.05, 3.63) is 0 Å². The van der Waals surface area contributed by atoms with Gasteiger partial charge in [-0.15, -0.1) is 0 Å². The molecule has 0 saturated carbocycles. The summed E-state index contributed by atoms with van der Waals surface area (Å²) in [6, 6.07) is 0. The van der Waals surface area contributed by atoms with E-state index in [4.69, 9.17) is 66.3 Å². The highest BCUT2D eigenvalue weighted by Crippen LogP contribution is 2.39. The van der Waals surface area contributed by atoms with Crippen molar-refractivity contribution in [3.63, 3.8) is 0 Å². The highest BCUT2D eigenvalue weighted by molar-refractivity contribution is 5.00. The number of rotatable bonds is 19. The van der Waals surface area contributed by atoms with E-state index in [1.54, 1.807) is 62.3 Å². The van der Waals surface area contributed by atoms with Gasteiger partial charge in [0.15, 0.2) is 37.7 Å². The predicted molar refractivity (Wildman–Crippen MR) is 258 cm³/mol. The number of aliphatic hydroxyl groups excluding tert-OH is 16. The van der Waals surface area contributed by atoms with Crippen molar-refractivity contribution in [1.82, 2.24) is 0 Å². The summed E-state index contributed by atoms with van der Waals surface area (Å²) in [7, 11) is 0. The van der Waals surface area contributed by atoms with Gasteiger partial charge in [-0.25, -0.2) is 0 Å². The maximum Gasteiger partial charge on any atom is 0.187 e. The Labute approximate surface area is 457 Å². The van der Waals surface area contributed by atoms with Gasteiger partial charge in [0.2, 0.25) is 0 Å². The molecule has 0 aromatic carbocycles. The average Bonchev–Trinajstić information content (AvgIpc) is 3.43. The second kappa shape index (κ2) is 27.4. The Balaban J connectivity index is 1.18. The molecule has 0 radical (unpaired) electrons. The van der Waals surface area contributed by atoms with Crippen LogP contribution in [0.2, 0.25) is 0 Å². The molecule has 0 aliphatic carbocycles. The lowest BCUT2D eigenvalue weighted by Crippen LogP contribution is -2.67. The van der Waals surface area contributed by atoms with E-state index in [1.807, 2.05) is 0 Å². The van der Waals surface area contributed by atoms with Crippen molar-refractivity contribution < 1.29 is 148 Å². The summed E-state index contributed by atoms with van der Waals surface area (Å²) in [5, 5.41) is 176. The molecule has 6 aliphatic rings. The first-order valence-corrected chi connectivity index (χ1v) is 26.5. The van der Waals surface area contributed by atoms with E-state index >= 15 is 0 Å². The molecule has 0 amide bonds. The fourth-order valence-corrected chi connectivity index (χ4v) is 10.2. The molecular weight excluding hydrogens is 1070 g/mol. The fourth-order valence-electron chi connectivity index (χ4n) is 10.2. The SMILES string of the molecule is CC1C(O)C(OC2C(CO)OC(OCC3OC(OC4C(CO)OC(OC(C)(C)C)C(O)C4O)C(O)C(O)C3OC3OC(CO)C(OC(C)(C)C)C(O)C3O)C(O)C2O)OC(CO)C1OC1OC(CO)C(OC(C)(C)C)C(O)C1O. The number of aliphatic hydroxyl groups is 16. The van der Waals surface area contributed by atoms with E-state index in [1.165, 1.54) is 6.92 Å². The van der Waals surface area contributed by atoms with Crippen molar-refractivity contribution in [2.24, 2.45) is 5.92 Å². The molecule has 6 rings (SSSR count). The van der Waals surface area contributed by atoms with Crippen molar-refractivity contribution in [2.45, 2.75) is 264 Å². The zero-order chi connectivity index (χ0) is 59.0. The Morgan fingerprint density at radius 2 is 0.544 bits per heavy atom. The number of hydrogen-bond donors (Lipinski definition) is 16. The highest BCUT2D eigenvalue weighted by atomic mass is 16.8. The normalized spacial score (nSPS) is 47.8. The van der Waals surface area contributed by atoms with Gasteiger partial charge in [0.1, 0.15) is 134 Å². The van der Waals surface area contributed by atoms with Crippen LogP contribution in [0, 0.1) is 5.92 Å². The predicted octanol–water partition coefficient (Wildman–Crippen LogP) is -7.36. The van der Waals surface area contributed by atoms with E-state index in [0.717, 1.165) is 0 Å². The van der Waals surface area contributed by atoms with E-state index < -0.39 is 240 Å². The fraction of sp³-hybridized carbons (Fsp3) is 1.00. The average molecular weight is 1160 g/mol. The zero-order valence-electron chi connectivity index (χ0n) is 45.9. The Kier molecular flexibility index (Phi) is 23.3. The Bertz CT molecular complexity index is 1830. The van der Waals surface area contributed by atoms with Crippen LogP contribution >= 0.6 is 0 Å². The third kappa shape index (κ3) is 15.8. The Hall–Kier alpha value is -1.20.